The van der Waals surface area contributed by atoms with Crippen LogP contribution in [-0.2, 0) is 6.18 Å². The number of halogens is 4. The molecule has 0 saturated heterocycles. The van der Waals surface area contributed by atoms with Crippen LogP contribution in [-0.4, -0.2) is 12.3 Å². The molecule has 0 radical (unpaired) electrons. The normalized spacial score (nSPS) is 18.0. The molecule has 22 heavy (non-hydrogen) atoms. The quantitative estimate of drug-likeness (QED) is 0.788. The highest BCUT2D eigenvalue weighted by atomic mass is 35.5. The van der Waals surface area contributed by atoms with Crippen molar-refractivity contribution < 1.29 is 13.2 Å². The Morgan fingerprint density at radius 2 is 1.77 bits per heavy atom. The maximum Gasteiger partial charge on any atom is 0.416 e. The highest BCUT2D eigenvalue weighted by Crippen LogP contribution is 2.38. The molecule has 6 heteroatoms. The summed E-state index contributed by atoms with van der Waals surface area (Å²) in [5, 5.41) is 3.34. The van der Waals surface area contributed by atoms with Gasteiger partial charge < -0.3 is 5.32 Å². The monoisotopic (exact) mass is 345 g/mol. The summed E-state index contributed by atoms with van der Waals surface area (Å²) in [6, 6.07) is 13.4. The fourth-order valence-electron chi connectivity index (χ4n) is 2.50. The number of alkyl halides is 3. The van der Waals surface area contributed by atoms with Crippen LogP contribution >= 0.6 is 24.2 Å². The second-order valence-corrected chi connectivity index (χ2v) is 6.03. The number of rotatable bonds is 1. The van der Waals surface area contributed by atoms with E-state index in [1.165, 1.54) is 12.1 Å². The zero-order chi connectivity index (χ0) is 14.9. The Kier molecular flexibility index (Phi) is 5.42. The molecule has 3 rings (SSSR count). The fraction of sp³-hybridized carbons (Fsp3) is 0.250. The second kappa shape index (κ2) is 6.94. The Balaban J connectivity index is 0.00000176. The number of hydrogen-bond donors (Lipinski definition) is 1. The summed E-state index contributed by atoms with van der Waals surface area (Å²) in [4.78, 5) is 0.918. The van der Waals surface area contributed by atoms with Gasteiger partial charge in [-0.3, -0.25) is 0 Å². The molecule has 2 aromatic carbocycles. The molecule has 0 bridgehead atoms. The summed E-state index contributed by atoms with van der Waals surface area (Å²) in [6.07, 6.45) is -4.31. The van der Waals surface area contributed by atoms with E-state index in [0.717, 1.165) is 22.8 Å². The Bertz CT molecular complexity index is 631. The van der Waals surface area contributed by atoms with Crippen molar-refractivity contribution in [3.05, 3.63) is 65.2 Å². The average Bonchev–Trinajstić information content (AvgIpc) is 2.69. The molecule has 1 unspecified atom stereocenters. The molecule has 1 nitrogen and oxygen atoms in total. The van der Waals surface area contributed by atoms with Crippen molar-refractivity contribution in [2.75, 3.05) is 12.3 Å². The van der Waals surface area contributed by atoms with Gasteiger partial charge in [-0.1, -0.05) is 30.3 Å². The van der Waals surface area contributed by atoms with E-state index in [-0.39, 0.29) is 18.4 Å². The van der Waals surface area contributed by atoms with E-state index in [0.29, 0.717) is 5.56 Å². The lowest BCUT2D eigenvalue weighted by Crippen LogP contribution is -2.23. The van der Waals surface area contributed by atoms with Crippen LogP contribution in [0.3, 0.4) is 0 Å². The van der Waals surface area contributed by atoms with Gasteiger partial charge in [-0.2, -0.15) is 13.2 Å². The van der Waals surface area contributed by atoms with Crippen LogP contribution in [0.4, 0.5) is 13.2 Å². The molecule has 0 spiro atoms. The van der Waals surface area contributed by atoms with Crippen LogP contribution in [0.5, 0.6) is 0 Å². The summed E-state index contributed by atoms with van der Waals surface area (Å²) in [6.45, 7) is 0.764. The lowest BCUT2D eigenvalue weighted by Gasteiger charge is -2.20. The van der Waals surface area contributed by atoms with Crippen molar-refractivity contribution in [3.63, 3.8) is 0 Å². The smallest absolute Gasteiger partial charge is 0.305 e. The van der Waals surface area contributed by atoms with Gasteiger partial charge in [0.15, 0.2) is 0 Å². The van der Waals surface area contributed by atoms with Gasteiger partial charge in [-0.05, 0) is 29.3 Å². The molecule has 1 N–H and O–H groups in total. The summed E-state index contributed by atoms with van der Waals surface area (Å²) >= 11 is 1.60. The molecule has 0 saturated carbocycles. The summed E-state index contributed by atoms with van der Waals surface area (Å²) in [5.41, 5.74) is 1.10. The number of hydrogen-bond acceptors (Lipinski definition) is 2. The van der Waals surface area contributed by atoms with Crippen LogP contribution in [0.2, 0.25) is 0 Å². The van der Waals surface area contributed by atoms with E-state index >= 15 is 0 Å². The highest BCUT2D eigenvalue weighted by molar-refractivity contribution is 7.99. The Morgan fingerprint density at radius 3 is 2.45 bits per heavy atom. The van der Waals surface area contributed by atoms with Crippen LogP contribution in [0.25, 0.3) is 0 Å². The zero-order valence-electron chi connectivity index (χ0n) is 11.6. The Hall–Kier alpha value is -1.17. The third kappa shape index (κ3) is 3.59. The third-order valence-electron chi connectivity index (χ3n) is 3.49. The van der Waals surface area contributed by atoms with Gasteiger partial charge in [0.2, 0.25) is 0 Å². The van der Waals surface area contributed by atoms with E-state index in [1.807, 2.05) is 30.3 Å². The van der Waals surface area contributed by atoms with Gasteiger partial charge in [0, 0.05) is 17.2 Å². The average molecular weight is 346 g/mol. The first kappa shape index (κ1) is 17.2. The number of benzene rings is 2. The van der Waals surface area contributed by atoms with Crippen molar-refractivity contribution in [2.45, 2.75) is 17.1 Å². The molecule has 0 fully saturated rings. The minimum absolute atomic E-state index is 0. The number of nitrogens with one attached hydrogen (secondary N) is 1. The molecule has 1 heterocycles. The van der Waals surface area contributed by atoms with Crippen LogP contribution in [0.1, 0.15) is 22.7 Å². The first-order chi connectivity index (χ1) is 10.1. The van der Waals surface area contributed by atoms with E-state index in [1.54, 1.807) is 17.8 Å². The number of thioether (sulfide) groups is 1. The molecule has 0 aromatic heterocycles. The van der Waals surface area contributed by atoms with E-state index in [2.05, 4.69) is 5.32 Å². The fourth-order valence-corrected chi connectivity index (χ4v) is 3.45. The lowest BCUT2D eigenvalue weighted by molar-refractivity contribution is -0.137. The Labute approximate surface area is 137 Å². The minimum Gasteiger partial charge on any atom is -0.305 e. The highest BCUT2D eigenvalue weighted by Gasteiger charge is 2.32. The summed E-state index contributed by atoms with van der Waals surface area (Å²) < 4.78 is 38.9. The van der Waals surface area contributed by atoms with Crippen molar-refractivity contribution in [2.24, 2.45) is 0 Å². The topological polar surface area (TPSA) is 12.0 Å². The standard InChI is InChI=1S/C16H14F3NS.ClH/c17-16(18,19)12-6-7-14-13(10-12)15(20-8-9-21-14)11-4-2-1-3-5-11;/h1-7,10,15,20H,8-9H2;1H. The Morgan fingerprint density at radius 1 is 1.05 bits per heavy atom. The van der Waals surface area contributed by atoms with Gasteiger partial charge >= 0.3 is 6.18 Å². The van der Waals surface area contributed by atoms with Crippen LogP contribution in [0.15, 0.2) is 53.4 Å². The molecular weight excluding hydrogens is 331 g/mol. The molecule has 1 aliphatic heterocycles. The second-order valence-electron chi connectivity index (χ2n) is 4.90. The van der Waals surface area contributed by atoms with Crippen molar-refractivity contribution in [1.29, 1.82) is 0 Å². The molecule has 0 amide bonds. The predicted molar refractivity (Wildman–Crippen MR) is 85.7 cm³/mol. The van der Waals surface area contributed by atoms with Gasteiger partial charge in [0.05, 0.1) is 11.6 Å². The van der Waals surface area contributed by atoms with E-state index < -0.39 is 11.7 Å². The first-order valence-corrected chi connectivity index (χ1v) is 7.66. The summed E-state index contributed by atoms with van der Waals surface area (Å²) in [7, 11) is 0. The number of fused-ring (bicyclic) bond motifs is 1. The van der Waals surface area contributed by atoms with Crippen molar-refractivity contribution >= 4 is 24.2 Å². The van der Waals surface area contributed by atoms with Gasteiger partial charge in [-0.15, -0.1) is 24.2 Å². The minimum atomic E-state index is -4.31. The molecule has 0 aliphatic carbocycles. The van der Waals surface area contributed by atoms with Crippen LogP contribution in [0, 0.1) is 0 Å². The predicted octanol–water partition coefficient (Wildman–Crippen LogP) is 4.91. The maximum atomic E-state index is 13.0. The van der Waals surface area contributed by atoms with E-state index in [9.17, 15) is 13.2 Å². The lowest BCUT2D eigenvalue weighted by atomic mass is 9.97. The molecular formula is C16H15ClF3NS. The molecule has 2 aromatic rings. The first-order valence-electron chi connectivity index (χ1n) is 6.68. The van der Waals surface area contributed by atoms with E-state index in [4.69, 9.17) is 0 Å². The molecule has 1 aliphatic rings. The maximum absolute atomic E-state index is 13.0. The van der Waals surface area contributed by atoms with Gasteiger partial charge in [0.1, 0.15) is 0 Å². The van der Waals surface area contributed by atoms with Crippen molar-refractivity contribution in [3.8, 4) is 0 Å². The van der Waals surface area contributed by atoms with Crippen molar-refractivity contribution in [1.82, 2.24) is 5.32 Å². The van der Waals surface area contributed by atoms with Gasteiger partial charge in [0.25, 0.3) is 0 Å². The van der Waals surface area contributed by atoms with Gasteiger partial charge in [-0.25, -0.2) is 0 Å². The SMILES string of the molecule is Cl.FC(F)(F)c1ccc2c(c1)C(c1ccccc1)NCCS2. The molecule has 1 atom stereocenters. The third-order valence-corrected chi connectivity index (χ3v) is 4.58. The summed E-state index contributed by atoms with van der Waals surface area (Å²) in [5.74, 6) is 0.849. The van der Waals surface area contributed by atoms with Crippen LogP contribution < -0.4 is 5.32 Å². The largest absolute Gasteiger partial charge is 0.416 e. The molecule has 118 valence electrons. The zero-order valence-corrected chi connectivity index (χ0v) is 13.2.